The van der Waals surface area contributed by atoms with Crippen LogP contribution in [0.15, 0.2) is 48.7 Å². The summed E-state index contributed by atoms with van der Waals surface area (Å²) in [5.41, 5.74) is 2.77. The van der Waals surface area contributed by atoms with Crippen LogP contribution in [0.2, 0.25) is 5.02 Å². The SMILES string of the molecule is CCOC(=O)c1cnn(-c2cc(C)c3cccc(OC)c3n2)c1Nc1nc2ccc(Cl)cc2s1. The van der Waals surface area contributed by atoms with Crippen molar-refractivity contribution in [2.75, 3.05) is 19.0 Å². The zero-order valence-electron chi connectivity index (χ0n) is 18.6. The summed E-state index contributed by atoms with van der Waals surface area (Å²) < 4.78 is 13.3. The number of ether oxygens (including phenoxy) is 2. The van der Waals surface area contributed by atoms with Gasteiger partial charge in [-0.1, -0.05) is 35.1 Å². The average Bonchev–Trinajstić information content (AvgIpc) is 3.42. The van der Waals surface area contributed by atoms with Gasteiger partial charge in [-0.15, -0.1) is 0 Å². The van der Waals surface area contributed by atoms with Gasteiger partial charge in [0, 0.05) is 10.4 Å². The topological polar surface area (TPSA) is 91.2 Å². The van der Waals surface area contributed by atoms with E-state index in [-0.39, 0.29) is 12.2 Å². The van der Waals surface area contributed by atoms with Gasteiger partial charge in [0.05, 0.1) is 30.1 Å². The minimum Gasteiger partial charge on any atom is -0.494 e. The number of carbonyl (C=O) groups is 1. The third kappa shape index (κ3) is 3.93. The molecule has 3 heterocycles. The summed E-state index contributed by atoms with van der Waals surface area (Å²) >= 11 is 7.55. The quantitative estimate of drug-likeness (QED) is 0.293. The Morgan fingerprint density at radius 1 is 1.21 bits per heavy atom. The molecule has 5 rings (SSSR count). The number of thiazole rings is 1. The minimum atomic E-state index is -0.490. The van der Waals surface area contributed by atoms with Crippen LogP contribution in [0.4, 0.5) is 10.9 Å². The number of aryl methyl sites for hydroxylation is 1. The molecule has 0 spiro atoms. The summed E-state index contributed by atoms with van der Waals surface area (Å²) in [6.45, 7) is 3.99. The van der Waals surface area contributed by atoms with Crippen LogP contribution in [0.5, 0.6) is 5.75 Å². The number of hydrogen-bond donors (Lipinski definition) is 1. The molecule has 0 saturated carbocycles. The second-order valence-electron chi connectivity index (χ2n) is 7.45. The number of benzene rings is 2. The first kappa shape index (κ1) is 22.1. The van der Waals surface area contributed by atoms with Crippen LogP contribution in [0.3, 0.4) is 0 Å². The molecule has 0 fully saturated rings. The lowest BCUT2D eigenvalue weighted by Gasteiger charge is -2.13. The largest absolute Gasteiger partial charge is 0.494 e. The highest BCUT2D eigenvalue weighted by Crippen LogP contribution is 2.33. The number of anilines is 2. The van der Waals surface area contributed by atoms with E-state index in [9.17, 15) is 4.79 Å². The van der Waals surface area contributed by atoms with E-state index in [1.54, 1.807) is 24.8 Å². The molecule has 34 heavy (non-hydrogen) atoms. The zero-order valence-corrected chi connectivity index (χ0v) is 20.2. The van der Waals surface area contributed by atoms with Gasteiger partial charge >= 0.3 is 5.97 Å². The first-order valence-corrected chi connectivity index (χ1v) is 11.7. The number of esters is 1. The molecule has 0 radical (unpaired) electrons. The van der Waals surface area contributed by atoms with E-state index < -0.39 is 5.97 Å². The average molecular weight is 494 g/mol. The number of para-hydroxylation sites is 1. The predicted octanol–water partition coefficient (Wildman–Crippen LogP) is 5.92. The second-order valence-corrected chi connectivity index (χ2v) is 8.92. The summed E-state index contributed by atoms with van der Waals surface area (Å²) in [6.07, 6.45) is 1.47. The molecular formula is C24H20ClN5O3S. The van der Waals surface area contributed by atoms with Gasteiger partial charge in [-0.25, -0.2) is 14.8 Å². The maximum absolute atomic E-state index is 12.7. The van der Waals surface area contributed by atoms with Gasteiger partial charge in [0.2, 0.25) is 0 Å². The van der Waals surface area contributed by atoms with Gasteiger partial charge in [0.25, 0.3) is 0 Å². The molecule has 1 N–H and O–H groups in total. The monoisotopic (exact) mass is 493 g/mol. The highest BCUT2D eigenvalue weighted by molar-refractivity contribution is 7.22. The van der Waals surface area contributed by atoms with Crippen LogP contribution in [-0.4, -0.2) is 39.4 Å². The number of fused-ring (bicyclic) bond motifs is 2. The van der Waals surface area contributed by atoms with Gasteiger partial charge in [0.15, 0.2) is 16.8 Å². The molecule has 0 saturated heterocycles. The van der Waals surface area contributed by atoms with Gasteiger partial charge in [-0.3, -0.25) is 0 Å². The number of pyridine rings is 1. The maximum Gasteiger partial charge on any atom is 0.343 e. The minimum absolute atomic E-state index is 0.244. The Kier molecular flexibility index (Phi) is 5.80. The predicted molar refractivity (Wildman–Crippen MR) is 134 cm³/mol. The van der Waals surface area contributed by atoms with E-state index in [1.807, 2.05) is 43.3 Å². The Morgan fingerprint density at radius 2 is 2.06 bits per heavy atom. The molecule has 10 heteroatoms. The molecule has 0 aliphatic heterocycles. The highest BCUT2D eigenvalue weighted by Gasteiger charge is 2.22. The number of hydrogen-bond acceptors (Lipinski definition) is 8. The van der Waals surface area contributed by atoms with E-state index >= 15 is 0 Å². The van der Waals surface area contributed by atoms with Crippen LogP contribution in [0.25, 0.3) is 26.9 Å². The molecule has 0 atom stereocenters. The number of carbonyl (C=O) groups excluding carboxylic acids is 1. The van der Waals surface area contributed by atoms with E-state index in [0.717, 1.165) is 21.2 Å². The van der Waals surface area contributed by atoms with Crippen molar-refractivity contribution in [3.8, 4) is 11.6 Å². The fraction of sp³-hybridized carbons (Fsp3) is 0.167. The van der Waals surface area contributed by atoms with E-state index in [4.69, 9.17) is 26.1 Å². The van der Waals surface area contributed by atoms with Crippen LogP contribution in [-0.2, 0) is 4.74 Å². The normalized spacial score (nSPS) is 11.2. The summed E-state index contributed by atoms with van der Waals surface area (Å²) in [6, 6.07) is 13.2. The molecule has 0 unspecified atom stereocenters. The van der Waals surface area contributed by atoms with E-state index in [0.29, 0.717) is 33.1 Å². The lowest BCUT2D eigenvalue weighted by atomic mass is 10.1. The van der Waals surface area contributed by atoms with E-state index in [2.05, 4.69) is 15.4 Å². The maximum atomic E-state index is 12.7. The van der Waals surface area contributed by atoms with Gasteiger partial charge in [-0.2, -0.15) is 9.78 Å². The van der Waals surface area contributed by atoms with Crippen molar-refractivity contribution in [1.29, 1.82) is 0 Å². The van der Waals surface area contributed by atoms with E-state index in [1.165, 1.54) is 17.5 Å². The van der Waals surface area contributed by atoms with Crippen LogP contribution in [0, 0.1) is 6.92 Å². The summed E-state index contributed by atoms with van der Waals surface area (Å²) in [4.78, 5) is 22.1. The van der Waals surface area contributed by atoms with Crippen molar-refractivity contribution in [2.24, 2.45) is 0 Å². The molecule has 8 nitrogen and oxygen atoms in total. The number of halogens is 1. The number of methoxy groups -OCH3 is 1. The molecule has 0 aliphatic carbocycles. The molecular weight excluding hydrogens is 474 g/mol. The molecule has 2 aromatic carbocycles. The van der Waals surface area contributed by atoms with Crippen molar-refractivity contribution >= 4 is 61.0 Å². The standard InChI is InChI=1S/C24H20ClN5O3S/c1-4-33-23(31)16-12-26-30(20-10-13(2)15-6-5-7-18(32-3)21(15)28-20)22(16)29-24-27-17-9-8-14(25)11-19(17)34-24/h5-12H,4H2,1-3H3,(H,27,29). The molecule has 172 valence electrons. The Bertz CT molecular complexity index is 1540. The van der Waals surface area contributed by atoms with Crippen LogP contribution in [0.1, 0.15) is 22.8 Å². The third-order valence-corrected chi connectivity index (χ3v) is 6.44. The number of nitrogens with zero attached hydrogens (tertiary/aromatic N) is 4. The zero-order chi connectivity index (χ0) is 23.8. The summed E-state index contributed by atoms with van der Waals surface area (Å²) in [5, 5.41) is 9.90. The van der Waals surface area contributed by atoms with Gasteiger partial charge < -0.3 is 14.8 Å². The van der Waals surface area contributed by atoms with Gasteiger partial charge in [0.1, 0.15) is 16.8 Å². The lowest BCUT2D eigenvalue weighted by molar-refractivity contribution is 0.0527. The Labute approximate surface area is 204 Å². The smallest absolute Gasteiger partial charge is 0.343 e. The fourth-order valence-corrected chi connectivity index (χ4v) is 4.84. The third-order valence-electron chi connectivity index (χ3n) is 5.27. The summed E-state index contributed by atoms with van der Waals surface area (Å²) in [7, 11) is 1.61. The Balaban J connectivity index is 1.66. The molecule has 0 amide bonds. The first-order valence-electron chi connectivity index (χ1n) is 10.5. The Morgan fingerprint density at radius 3 is 2.85 bits per heavy atom. The van der Waals surface area contributed by atoms with Crippen molar-refractivity contribution in [2.45, 2.75) is 13.8 Å². The van der Waals surface area contributed by atoms with Crippen molar-refractivity contribution in [1.82, 2.24) is 19.7 Å². The number of rotatable bonds is 6. The molecule has 5 aromatic rings. The van der Waals surface area contributed by atoms with Crippen LogP contribution >= 0.6 is 22.9 Å². The molecule has 0 aliphatic rings. The second kappa shape index (κ2) is 8.92. The number of nitrogens with one attached hydrogen (secondary N) is 1. The first-order chi connectivity index (χ1) is 16.5. The Hall–Kier alpha value is -3.69. The van der Waals surface area contributed by atoms with Crippen molar-refractivity contribution in [3.05, 3.63) is 64.8 Å². The lowest BCUT2D eigenvalue weighted by Crippen LogP contribution is -2.10. The van der Waals surface area contributed by atoms with Crippen molar-refractivity contribution < 1.29 is 14.3 Å². The van der Waals surface area contributed by atoms with Crippen LogP contribution < -0.4 is 10.1 Å². The van der Waals surface area contributed by atoms with Crippen molar-refractivity contribution in [3.63, 3.8) is 0 Å². The highest BCUT2D eigenvalue weighted by atomic mass is 35.5. The summed E-state index contributed by atoms with van der Waals surface area (Å²) in [5.74, 6) is 1.09. The number of aromatic nitrogens is 4. The van der Waals surface area contributed by atoms with Gasteiger partial charge in [-0.05, 0) is 49.7 Å². The fourth-order valence-electron chi connectivity index (χ4n) is 3.70. The molecule has 0 bridgehead atoms. The molecule has 3 aromatic heterocycles.